The molecule has 1 aliphatic rings. The number of nitrogens with one attached hydrogen (secondary N) is 1. The highest BCUT2D eigenvalue weighted by atomic mass is 16.6. The van der Waals surface area contributed by atoms with Gasteiger partial charge in [-0.2, -0.15) is 0 Å². The summed E-state index contributed by atoms with van der Waals surface area (Å²) in [6, 6.07) is 0. The van der Waals surface area contributed by atoms with Crippen molar-refractivity contribution in [2.24, 2.45) is 0 Å². The number of epoxide rings is 1. The molecule has 34 valence electrons. The molecular formula is C4H7NO. The van der Waals surface area contributed by atoms with Gasteiger partial charge in [0, 0.05) is 0 Å². The van der Waals surface area contributed by atoms with Gasteiger partial charge in [0.25, 0.3) is 0 Å². The Morgan fingerprint density at radius 1 is 2.00 bits per heavy atom. The number of hydrogen-bond donors (Lipinski definition) is 1. The van der Waals surface area contributed by atoms with Gasteiger partial charge in [-0.25, -0.2) is 0 Å². The molecule has 0 aromatic rings. The van der Waals surface area contributed by atoms with Crippen molar-refractivity contribution in [3.63, 3.8) is 0 Å². The van der Waals surface area contributed by atoms with E-state index in [0.29, 0.717) is 0 Å². The lowest BCUT2D eigenvalue weighted by molar-refractivity contribution is 0.391. The van der Waals surface area contributed by atoms with Gasteiger partial charge >= 0.3 is 0 Å². The van der Waals surface area contributed by atoms with E-state index in [1.165, 1.54) is 0 Å². The third-order valence-corrected chi connectivity index (χ3v) is 0.637. The predicted octanol–water partition coefficient (Wildman–Crippen LogP) is 0.0758. The lowest BCUT2D eigenvalue weighted by Crippen LogP contribution is -2.06. The molecule has 2 heteroatoms. The molecule has 0 radical (unpaired) electrons. The minimum absolute atomic E-state index is 0.280. The van der Waals surface area contributed by atoms with Crippen LogP contribution >= 0.6 is 0 Å². The van der Waals surface area contributed by atoms with E-state index in [0.717, 1.165) is 6.61 Å². The van der Waals surface area contributed by atoms with E-state index in [1.807, 2.05) is 0 Å². The van der Waals surface area contributed by atoms with Gasteiger partial charge in [-0.3, -0.25) is 0 Å². The summed E-state index contributed by atoms with van der Waals surface area (Å²) < 4.78 is 4.77. The molecular weight excluding hydrogens is 78.0 g/mol. The molecule has 1 atom stereocenters. The van der Waals surface area contributed by atoms with Crippen LogP contribution in [0.5, 0.6) is 0 Å². The van der Waals surface area contributed by atoms with E-state index in [-0.39, 0.29) is 6.23 Å². The van der Waals surface area contributed by atoms with Crippen molar-refractivity contribution >= 4 is 0 Å². The molecule has 1 unspecified atom stereocenters. The largest absolute Gasteiger partial charge is 0.365 e. The van der Waals surface area contributed by atoms with Crippen LogP contribution in [0.3, 0.4) is 0 Å². The fourth-order valence-corrected chi connectivity index (χ4v) is 0.276. The van der Waals surface area contributed by atoms with E-state index in [4.69, 9.17) is 4.74 Å². The molecule has 0 aliphatic carbocycles. The normalized spacial score (nSPS) is 29.0. The minimum Gasteiger partial charge on any atom is -0.365 e. The summed E-state index contributed by atoms with van der Waals surface area (Å²) in [5.74, 6) is 0. The zero-order valence-corrected chi connectivity index (χ0v) is 3.48. The van der Waals surface area contributed by atoms with E-state index in [2.05, 4.69) is 11.9 Å². The summed E-state index contributed by atoms with van der Waals surface area (Å²) >= 11 is 0. The first-order chi connectivity index (χ1) is 2.93. The first-order valence-electron chi connectivity index (χ1n) is 1.92. The van der Waals surface area contributed by atoms with Crippen LogP contribution in [0.4, 0.5) is 0 Å². The van der Waals surface area contributed by atoms with Crippen LogP contribution in [0.2, 0.25) is 0 Å². The minimum atomic E-state index is 0.280. The van der Waals surface area contributed by atoms with Crippen LogP contribution in [0.1, 0.15) is 0 Å². The molecule has 2 nitrogen and oxygen atoms in total. The van der Waals surface area contributed by atoms with Crippen LogP contribution in [0.25, 0.3) is 0 Å². The first-order valence-corrected chi connectivity index (χ1v) is 1.92. The Balaban J connectivity index is 2.00. The second-order valence-electron chi connectivity index (χ2n) is 1.19. The molecule has 1 heterocycles. The standard InChI is InChI=1S/C4H7NO/c1-2-5-4-3-6-4/h2,4-5H,1,3H2. The molecule has 6 heavy (non-hydrogen) atoms. The van der Waals surface area contributed by atoms with Crippen molar-refractivity contribution in [2.45, 2.75) is 6.23 Å². The van der Waals surface area contributed by atoms with Gasteiger partial charge in [-0.15, -0.1) is 0 Å². The first kappa shape index (κ1) is 3.68. The summed E-state index contributed by atoms with van der Waals surface area (Å²) in [5, 5.41) is 2.86. The number of rotatable bonds is 2. The third-order valence-electron chi connectivity index (χ3n) is 0.637. The Morgan fingerprint density at radius 3 is 2.83 bits per heavy atom. The Hall–Kier alpha value is -0.500. The molecule has 1 aliphatic heterocycles. The third kappa shape index (κ3) is 0.723. The van der Waals surface area contributed by atoms with Crippen molar-refractivity contribution < 1.29 is 4.74 Å². The van der Waals surface area contributed by atoms with Crippen molar-refractivity contribution in [3.8, 4) is 0 Å². The summed E-state index contributed by atoms with van der Waals surface area (Å²) in [4.78, 5) is 0. The van der Waals surface area contributed by atoms with Crippen LogP contribution in [-0.2, 0) is 4.74 Å². The van der Waals surface area contributed by atoms with Crippen LogP contribution in [-0.4, -0.2) is 12.8 Å². The fraction of sp³-hybridized carbons (Fsp3) is 0.500. The smallest absolute Gasteiger partial charge is 0.151 e. The number of hydrogen-bond acceptors (Lipinski definition) is 2. The van der Waals surface area contributed by atoms with Gasteiger partial charge in [0.05, 0.1) is 6.61 Å². The summed E-state index contributed by atoms with van der Waals surface area (Å²) in [6.45, 7) is 4.29. The Morgan fingerprint density at radius 2 is 2.67 bits per heavy atom. The van der Waals surface area contributed by atoms with Crippen LogP contribution in [0.15, 0.2) is 12.8 Å². The lowest BCUT2D eigenvalue weighted by atomic mass is 10.7. The van der Waals surface area contributed by atoms with Gasteiger partial charge in [-0.05, 0) is 6.20 Å². The highest BCUT2D eigenvalue weighted by Gasteiger charge is 2.18. The van der Waals surface area contributed by atoms with E-state index >= 15 is 0 Å². The van der Waals surface area contributed by atoms with Crippen molar-refractivity contribution in [3.05, 3.63) is 12.8 Å². The van der Waals surface area contributed by atoms with Crippen molar-refractivity contribution in [1.82, 2.24) is 5.32 Å². The maximum Gasteiger partial charge on any atom is 0.151 e. The summed E-state index contributed by atoms with van der Waals surface area (Å²) in [5.41, 5.74) is 0. The Kier molecular flexibility index (Phi) is 0.801. The van der Waals surface area contributed by atoms with Crippen LogP contribution < -0.4 is 5.32 Å². The van der Waals surface area contributed by atoms with Gasteiger partial charge < -0.3 is 10.1 Å². The van der Waals surface area contributed by atoms with E-state index in [1.54, 1.807) is 6.20 Å². The predicted molar refractivity (Wildman–Crippen MR) is 23.1 cm³/mol. The molecule has 1 saturated heterocycles. The zero-order valence-electron chi connectivity index (χ0n) is 3.48. The summed E-state index contributed by atoms with van der Waals surface area (Å²) in [7, 11) is 0. The molecule has 0 aromatic carbocycles. The molecule has 0 spiro atoms. The molecule has 1 fully saturated rings. The van der Waals surface area contributed by atoms with Crippen molar-refractivity contribution in [1.29, 1.82) is 0 Å². The monoisotopic (exact) mass is 85.1 g/mol. The Bertz CT molecular complexity index is 58.6. The lowest BCUT2D eigenvalue weighted by Gasteiger charge is -1.83. The van der Waals surface area contributed by atoms with Crippen LogP contribution in [0, 0.1) is 0 Å². The Labute approximate surface area is 36.8 Å². The average molecular weight is 85.1 g/mol. The van der Waals surface area contributed by atoms with Gasteiger partial charge in [0.1, 0.15) is 0 Å². The molecule has 0 amide bonds. The quantitative estimate of drug-likeness (QED) is 0.480. The van der Waals surface area contributed by atoms with Gasteiger partial charge in [-0.1, -0.05) is 6.58 Å². The maximum absolute atomic E-state index is 4.77. The highest BCUT2D eigenvalue weighted by Crippen LogP contribution is 2.02. The molecule has 0 bridgehead atoms. The second kappa shape index (κ2) is 1.30. The molecule has 0 saturated carbocycles. The molecule has 1 N–H and O–H groups in total. The van der Waals surface area contributed by atoms with E-state index in [9.17, 15) is 0 Å². The summed E-state index contributed by atoms with van der Waals surface area (Å²) in [6.07, 6.45) is 1.92. The maximum atomic E-state index is 4.77. The number of ether oxygens (including phenoxy) is 1. The zero-order chi connectivity index (χ0) is 4.41. The molecule has 0 aromatic heterocycles. The van der Waals surface area contributed by atoms with Gasteiger partial charge in [0.15, 0.2) is 6.23 Å². The SMILES string of the molecule is C=CNC1CO1. The van der Waals surface area contributed by atoms with Crippen molar-refractivity contribution in [2.75, 3.05) is 6.61 Å². The topological polar surface area (TPSA) is 24.6 Å². The molecule has 1 rings (SSSR count). The highest BCUT2D eigenvalue weighted by molar-refractivity contribution is 4.73. The average Bonchev–Trinajstić information content (AvgIpc) is 2.21. The fourth-order valence-electron chi connectivity index (χ4n) is 0.276. The second-order valence-corrected chi connectivity index (χ2v) is 1.19. The van der Waals surface area contributed by atoms with E-state index < -0.39 is 0 Å². The van der Waals surface area contributed by atoms with Gasteiger partial charge in [0.2, 0.25) is 0 Å².